The van der Waals surface area contributed by atoms with E-state index in [1.807, 2.05) is 0 Å². The molecule has 1 aliphatic heterocycles. The Labute approximate surface area is 201 Å². The number of carbonyl (C=O) groups is 3. The highest BCUT2D eigenvalue weighted by atomic mass is 19.4. The maximum atomic E-state index is 13.5. The monoisotopic (exact) mass is 515 g/mol. The quantitative estimate of drug-likeness (QED) is 0.332. The van der Waals surface area contributed by atoms with Gasteiger partial charge in [0.25, 0.3) is 17.7 Å². The number of benzene rings is 2. The van der Waals surface area contributed by atoms with Crippen LogP contribution in [0.5, 0.6) is 0 Å². The summed E-state index contributed by atoms with van der Waals surface area (Å²) in [5, 5.41) is 23.4. The van der Waals surface area contributed by atoms with Crippen LogP contribution in [-0.4, -0.2) is 65.3 Å². The Hall–Kier alpha value is -3.58. The SMILES string of the molecule is C[C@@](O)(C(=O)NCC(F)(F)C(F)(F)F)C(=O)N[C@@H]1C(=O)N(CCO)c2ccccc2-c2ccccc21. The zero-order valence-corrected chi connectivity index (χ0v) is 18.8. The lowest BCUT2D eigenvalue weighted by atomic mass is 9.94. The van der Waals surface area contributed by atoms with Crippen LogP contribution in [0.1, 0.15) is 18.5 Å². The third kappa shape index (κ3) is 5.02. The third-order valence-electron chi connectivity index (χ3n) is 5.64. The second-order valence-electron chi connectivity index (χ2n) is 8.18. The summed E-state index contributed by atoms with van der Waals surface area (Å²) in [6.07, 6.45) is -5.96. The van der Waals surface area contributed by atoms with Crippen molar-refractivity contribution in [2.45, 2.75) is 30.7 Å². The molecule has 2 aromatic rings. The molecular formula is C23H22F5N3O5. The first-order valence-corrected chi connectivity index (χ1v) is 10.6. The topological polar surface area (TPSA) is 119 Å². The Morgan fingerprint density at radius 1 is 0.972 bits per heavy atom. The van der Waals surface area contributed by atoms with Crippen molar-refractivity contribution in [2.24, 2.45) is 0 Å². The van der Waals surface area contributed by atoms with E-state index >= 15 is 0 Å². The maximum Gasteiger partial charge on any atom is 0.455 e. The molecule has 0 saturated carbocycles. The normalized spacial score (nSPS) is 17.4. The molecule has 0 spiro atoms. The number of anilines is 1. The number of carbonyl (C=O) groups excluding carboxylic acids is 3. The van der Waals surface area contributed by atoms with Gasteiger partial charge in [0.05, 0.1) is 18.8 Å². The van der Waals surface area contributed by atoms with E-state index in [9.17, 15) is 46.5 Å². The average Bonchev–Trinajstić information content (AvgIpc) is 2.91. The number of rotatable bonds is 7. The largest absolute Gasteiger partial charge is 0.455 e. The van der Waals surface area contributed by atoms with Crippen molar-refractivity contribution in [3.05, 3.63) is 54.1 Å². The molecule has 13 heteroatoms. The number of halogens is 5. The van der Waals surface area contributed by atoms with E-state index in [1.54, 1.807) is 42.5 Å². The molecule has 0 aliphatic carbocycles. The van der Waals surface area contributed by atoms with Crippen molar-refractivity contribution < 1.29 is 46.5 Å². The van der Waals surface area contributed by atoms with E-state index in [2.05, 4.69) is 5.32 Å². The molecule has 0 saturated heterocycles. The second-order valence-corrected chi connectivity index (χ2v) is 8.18. The van der Waals surface area contributed by atoms with E-state index < -0.39 is 54.6 Å². The van der Waals surface area contributed by atoms with Gasteiger partial charge in [0.15, 0.2) is 0 Å². The summed E-state index contributed by atoms with van der Waals surface area (Å²) in [6.45, 7) is -2.22. The Balaban J connectivity index is 1.92. The Morgan fingerprint density at radius 2 is 1.56 bits per heavy atom. The summed E-state index contributed by atoms with van der Waals surface area (Å²) in [6, 6.07) is 11.6. The maximum absolute atomic E-state index is 13.5. The van der Waals surface area contributed by atoms with E-state index in [0.29, 0.717) is 23.7 Å². The lowest BCUT2D eigenvalue weighted by Gasteiger charge is -2.29. The van der Waals surface area contributed by atoms with Gasteiger partial charge < -0.3 is 25.7 Å². The average molecular weight is 515 g/mol. The van der Waals surface area contributed by atoms with E-state index in [1.165, 1.54) is 16.3 Å². The van der Waals surface area contributed by atoms with Crippen LogP contribution in [0.2, 0.25) is 0 Å². The molecule has 3 rings (SSSR count). The lowest BCUT2D eigenvalue weighted by molar-refractivity contribution is -0.278. The first-order valence-electron chi connectivity index (χ1n) is 10.6. The minimum Gasteiger partial charge on any atom is -0.395 e. The van der Waals surface area contributed by atoms with Crippen molar-refractivity contribution in [3.8, 4) is 11.1 Å². The number of hydrogen-bond acceptors (Lipinski definition) is 5. The minimum absolute atomic E-state index is 0.167. The fourth-order valence-corrected chi connectivity index (χ4v) is 3.65. The van der Waals surface area contributed by atoms with Gasteiger partial charge >= 0.3 is 12.1 Å². The standard InChI is InChI=1S/C23H22F5N3O5/c1-21(36,19(34)29-12-22(24,25)23(26,27)28)20(35)30-17-15-8-3-2-6-13(15)14-7-4-5-9-16(14)31(10-11-32)18(17)33/h2-9,17,32,36H,10-12H2,1H3,(H,29,34)(H,30,35)/t17-,21+/m0/s1. The fourth-order valence-electron chi connectivity index (χ4n) is 3.65. The van der Waals surface area contributed by atoms with Gasteiger partial charge in [-0.05, 0) is 24.1 Å². The van der Waals surface area contributed by atoms with Gasteiger partial charge in [-0.25, -0.2) is 0 Å². The molecule has 0 bridgehead atoms. The minimum atomic E-state index is -5.96. The summed E-state index contributed by atoms with van der Waals surface area (Å²) in [7, 11) is 0. The predicted molar refractivity (Wildman–Crippen MR) is 117 cm³/mol. The van der Waals surface area contributed by atoms with Gasteiger partial charge in [0, 0.05) is 12.1 Å². The number of aliphatic hydroxyl groups is 2. The first kappa shape index (κ1) is 27.0. The molecule has 0 radical (unpaired) electrons. The zero-order chi connectivity index (χ0) is 26.9. The van der Waals surface area contributed by atoms with Crippen LogP contribution < -0.4 is 15.5 Å². The van der Waals surface area contributed by atoms with Gasteiger partial charge in [-0.15, -0.1) is 0 Å². The number of alkyl halides is 5. The highest BCUT2D eigenvalue weighted by Gasteiger charge is 2.58. The van der Waals surface area contributed by atoms with Crippen molar-refractivity contribution in [3.63, 3.8) is 0 Å². The smallest absolute Gasteiger partial charge is 0.395 e. The number of nitrogens with zero attached hydrogens (tertiary/aromatic N) is 1. The van der Waals surface area contributed by atoms with E-state index in [0.717, 1.165) is 0 Å². The molecule has 0 unspecified atom stereocenters. The lowest BCUT2D eigenvalue weighted by Crippen LogP contribution is -2.59. The number of hydrogen-bond donors (Lipinski definition) is 4. The van der Waals surface area contributed by atoms with Crippen molar-refractivity contribution in [2.75, 3.05) is 24.6 Å². The van der Waals surface area contributed by atoms with Crippen LogP contribution in [0.3, 0.4) is 0 Å². The molecule has 1 aliphatic rings. The fraction of sp³-hybridized carbons (Fsp3) is 0.348. The van der Waals surface area contributed by atoms with Gasteiger partial charge in [-0.1, -0.05) is 42.5 Å². The Kier molecular flexibility index (Phi) is 7.37. The second kappa shape index (κ2) is 9.82. The van der Waals surface area contributed by atoms with Crippen molar-refractivity contribution >= 4 is 23.4 Å². The van der Waals surface area contributed by atoms with E-state index in [4.69, 9.17) is 0 Å². The number of nitrogens with one attached hydrogen (secondary N) is 2. The van der Waals surface area contributed by atoms with E-state index in [-0.39, 0.29) is 12.1 Å². The molecule has 194 valence electrons. The number of amides is 3. The van der Waals surface area contributed by atoms with Crippen LogP contribution in [0, 0.1) is 0 Å². The number of β-amino-alcohol motifs (C(OH)–C–C–N with tert-alkyl or cyclic N) is 1. The van der Waals surface area contributed by atoms with Crippen LogP contribution in [0.25, 0.3) is 11.1 Å². The van der Waals surface area contributed by atoms with Gasteiger partial charge in [-0.2, -0.15) is 22.0 Å². The summed E-state index contributed by atoms with van der Waals surface area (Å²) in [4.78, 5) is 39.7. The molecule has 4 N–H and O–H groups in total. The number of para-hydroxylation sites is 1. The summed E-state index contributed by atoms with van der Waals surface area (Å²) in [5.74, 6) is -9.39. The molecule has 2 aromatic carbocycles. The number of fused-ring (bicyclic) bond motifs is 3. The van der Waals surface area contributed by atoms with Gasteiger partial charge in [0.1, 0.15) is 6.04 Å². The highest BCUT2D eigenvalue weighted by molar-refractivity contribution is 6.11. The summed E-state index contributed by atoms with van der Waals surface area (Å²) >= 11 is 0. The van der Waals surface area contributed by atoms with Gasteiger partial charge in [0.2, 0.25) is 5.60 Å². The molecule has 0 fully saturated rings. The summed E-state index contributed by atoms with van der Waals surface area (Å²) in [5.41, 5.74) is -1.33. The summed E-state index contributed by atoms with van der Waals surface area (Å²) < 4.78 is 63.5. The van der Waals surface area contributed by atoms with Gasteiger partial charge in [-0.3, -0.25) is 14.4 Å². The van der Waals surface area contributed by atoms with Crippen LogP contribution in [0.15, 0.2) is 48.5 Å². The number of aliphatic hydroxyl groups excluding tert-OH is 1. The third-order valence-corrected chi connectivity index (χ3v) is 5.64. The predicted octanol–water partition coefficient (Wildman–Crippen LogP) is 1.91. The molecule has 0 aromatic heterocycles. The Bertz CT molecular complexity index is 1170. The molecule has 3 amide bonds. The molecular weight excluding hydrogens is 493 g/mol. The molecule has 1 heterocycles. The first-order chi connectivity index (χ1) is 16.7. The van der Waals surface area contributed by atoms with Crippen LogP contribution in [0.4, 0.5) is 27.6 Å². The van der Waals surface area contributed by atoms with Crippen molar-refractivity contribution in [1.82, 2.24) is 10.6 Å². The zero-order valence-electron chi connectivity index (χ0n) is 18.8. The van der Waals surface area contributed by atoms with Crippen LogP contribution in [-0.2, 0) is 14.4 Å². The molecule has 8 nitrogen and oxygen atoms in total. The molecule has 36 heavy (non-hydrogen) atoms. The Morgan fingerprint density at radius 3 is 2.17 bits per heavy atom. The van der Waals surface area contributed by atoms with Crippen molar-refractivity contribution in [1.29, 1.82) is 0 Å². The molecule has 2 atom stereocenters. The van der Waals surface area contributed by atoms with Crippen LogP contribution >= 0.6 is 0 Å². The highest BCUT2D eigenvalue weighted by Crippen LogP contribution is 2.40.